The zero-order valence-corrected chi connectivity index (χ0v) is 14.7. The molecule has 2 N–H and O–H groups in total. The summed E-state index contributed by atoms with van der Waals surface area (Å²) in [5, 5.41) is 9.02. The molecule has 0 heterocycles. The molecule has 7 heteroatoms. The van der Waals surface area contributed by atoms with Gasteiger partial charge in [-0.3, -0.25) is 0 Å². The third-order valence-electron chi connectivity index (χ3n) is 3.21. The van der Waals surface area contributed by atoms with E-state index in [1.54, 1.807) is 12.1 Å². The summed E-state index contributed by atoms with van der Waals surface area (Å²) in [5.41, 5.74) is 0. The van der Waals surface area contributed by atoms with E-state index in [9.17, 15) is 8.42 Å². The molecule has 21 heavy (non-hydrogen) atoms. The molecule has 1 rings (SSSR count). The van der Waals surface area contributed by atoms with Gasteiger partial charge in [-0.15, -0.1) is 0 Å². The molecule has 0 spiro atoms. The number of benzene rings is 1. The number of ether oxygens (including phenoxy) is 1. The number of halogens is 1. The Hall–Kier alpha value is -0.630. The molecule has 1 atom stereocenters. The average Bonchev–Trinajstić information content (AvgIpc) is 2.45. The molecule has 0 bridgehead atoms. The Balaban J connectivity index is 2.88. The van der Waals surface area contributed by atoms with Crippen molar-refractivity contribution in [1.29, 1.82) is 0 Å². The second-order valence-corrected chi connectivity index (χ2v) is 7.47. The molecule has 5 nitrogen and oxygen atoms in total. The van der Waals surface area contributed by atoms with Crippen molar-refractivity contribution in [2.75, 3.05) is 20.3 Å². The first kappa shape index (κ1) is 18.4. The van der Waals surface area contributed by atoms with Gasteiger partial charge >= 0.3 is 0 Å². The maximum Gasteiger partial charge on any atom is 0.244 e. The van der Waals surface area contributed by atoms with E-state index in [0.29, 0.717) is 23.2 Å². The second kappa shape index (κ2) is 8.73. The highest BCUT2D eigenvalue weighted by atomic mass is 79.9. The summed E-state index contributed by atoms with van der Waals surface area (Å²) in [6.07, 6.45) is 2.41. The number of nitrogens with one attached hydrogen (secondary N) is 1. The van der Waals surface area contributed by atoms with Crippen molar-refractivity contribution >= 4 is 26.0 Å². The van der Waals surface area contributed by atoms with Crippen molar-refractivity contribution in [2.24, 2.45) is 5.92 Å². The van der Waals surface area contributed by atoms with E-state index in [4.69, 9.17) is 9.84 Å². The largest absolute Gasteiger partial charge is 0.495 e. The Bertz CT molecular complexity index is 542. The number of aliphatic hydroxyl groups excluding tert-OH is 1. The molecule has 0 aliphatic rings. The summed E-state index contributed by atoms with van der Waals surface area (Å²) in [6, 6.07) is 4.85. The van der Waals surface area contributed by atoms with Gasteiger partial charge in [-0.1, -0.05) is 29.3 Å². The molecular formula is C14H22BrNO4S. The summed E-state index contributed by atoms with van der Waals surface area (Å²) >= 11 is 3.27. The first-order chi connectivity index (χ1) is 9.94. The monoisotopic (exact) mass is 379 g/mol. The minimum absolute atomic E-state index is 0.0621. The Morgan fingerprint density at radius 3 is 2.67 bits per heavy atom. The van der Waals surface area contributed by atoms with Gasteiger partial charge in [-0.2, -0.15) is 0 Å². The Morgan fingerprint density at radius 2 is 2.10 bits per heavy atom. The van der Waals surface area contributed by atoms with Crippen LogP contribution in [0.4, 0.5) is 0 Å². The zero-order valence-electron chi connectivity index (χ0n) is 12.3. The number of rotatable bonds is 9. The zero-order chi connectivity index (χ0) is 15.9. The normalized spacial score (nSPS) is 13.1. The van der Waals surface area contributed by atoms with E-state index < -0.39 is 10.0 Å². The molecule has 120 valence electrons. The van der Waals surface area contributed by atoms with Crippen molar-refractivity contribution in [3.8, 4) is 5.75 Å². The van der Waals surface area contributed by atoms with Crippen molar-refractivity contribution < 1.29 is 18.3 Å². The van der Waals surface area contributed by atoms with Gasteiger partial charge < -0.3 is 9.84 Å². The van der Waals surface area contributed by atoms with Gasteiger partial charge in [0.15, 0.2) is 0 Å². The smallest absolute Gasteiger partial charge is 0.244 e. The summed E-state index contributed by atoms with van der Waals surface area (Å²) < 4.78 is 33.2. The topological polar surface area (TPSA) is 75.6 Å². The second-order valence-electron chi connectivity index (χ2n) is 4.81. The lowest BCUT2D eigenvalue weighted by Gasteiger charge is -2.17. The number of methoxy groups -OCH3 is 1. The summed E-state index contributed by atoms with van der Waals surface area (Å²) in [7, 11) is -2.21. The van der Waals surface area contributed by atoms with Gasteiger partial charge in [0.25, 0.3) is 0 Å². The van der Waals surface area contributed by atoms with Gasteiger partial charge in [-0.05, 0) is 37.0 Å². The summed E-state index contributed by atoms with van der Waals surface area (Å²) in [5.74, 6) is 0.438. The highest BCUT2D eigenvalue weighted by Crippen LogP contribution is 2.27. The van der Waals surface area contributed by atoms with Crippen molar-refractivity contribution in [1.82, 2.24) is 4.72 Å². The number of sulfonamides is 1. The first-order valence-electron chi connectivity index (χ1n) is 6.88. The molecule has 1 aromatic rings. The fourth-order valence-corrected chi connectivity index (χ4v) is 3.93. The first-order valence-corrected chi connectivity index (χ1v) is 9.16. The minimum atomic E-state index is -3.64. The van der Waals surface area contributed by atoms with Gasteiger partial charge in [0.1, 0.15) is 10.6 Å². The van der Waals surface area contributed by atoms with Gasteiger partial charge in [0.05, 0.1) is 7.11 Å². The van der Waals surface area contributed by atoms with Crippen molar-refractivity contribution in [2.45, 2.75) is 31.1 Å². The number of hydrogen-bond acceptors (Lipinski definition) is 4. The van der Waals surface area contributed by atoms with Gasteiger partial charge in [-0.25, -0.2) is 13.1 Å². The van der Waals surface area contributed by atoms with Crippen LogP contribution in [0.1, 0.15) is 26.2 Å². The fraction of sp³-hybridized carbons (Fsp3) is 0.571. The molecule has 0 radical (unpaired) electrons. The van der Waals surface area contributed by atoms with Gasteiger partial charge in [0.2, 0.25) is 10.0 Å². The molecule has 0 aliphatic carbocycles. The third-order valence-corrected chi connectivity index (χ3v) is 5.15. The van der Waals surface area contributed by atoms with Crippen LogP contribution in [0.2, 0.25) is 0 Å². The van der Waals surface area contributed by atoms with E-state index in [-0.39, 0.29) is 17.4 Å². The highest BCUT2D eigenvalue weighted by molar-refractivity contribution is 9.10. The predicted octanol–water partition coefficient (Wildman–Crippen LogP) is 2.53. The Labute approximate surface area is 134 Å². The summed E-state index contributed by atoms with van der Waals surface area (Å²) in [4.78, 5) is 0.110. The van der Waals surface area contributed by atoms with Crippen LogP contribution in [0, 0.1) is 5.92 Å². The maximum absolute atomic E-state index is 12.4. The highest BCUT2D eigenvalue weighted by Gasteiger charge is 2.21. The third kappa shape index (κ3) is 5.58. The van der Waals surface area contributed by atoms with Crippen molar-refractivity contribution in [3.63, 3.8) is 0 Å². The van der Waals surface area contributed by atoms with Crippen LogP contribution < -0.4 is 9.46 Å². The lowest BCUT2D eigenvalue weighted by atomic mass is 10.0. The van der Waals surface area contributed by atoms with E-state index in [1.165, 1.54) is 13.2 Å². The average molecular weight is 380 g/mol. The molecule has 1 unspecified atom stereocenters. The molecular weight excluding hydrogens is 358 g/mol. The number of aliphatic hydroxyl groups is 1. The lowest BCUT2D eigenvalue weighted by Crippen LogP contribution is -2.30. The fourth-order valence-electron chi connectivity index (χ4n) is 2.11. The standard InChI is InChI=1S/C14H22BrNO4S/c1-3-4-11(7-8-17)10-16-21(18,19)14-9-12(15)5-6-13(14)20-2/h5-6,9,11,16-17H,3-4,7-8,10H2,1-2H3. The van der Waals surface area contributed by atoms with E-state index in [1.807, 2.05) is 6.92 Å². The van der Waals surface area contributed by atoms with Crippen LogP contribution in [0.15, 0.2) is 27.6 Å². The molecule has 0 aromatic heterocycles. The Kier molecular flexibility index (Phi) is 7.65. The predicted molar refractivity (Wildman–Crippen MR) is 86.0 cm³/mol. The minimum Gasteiger partial charge on any atom is -0.495 e. The van der Waals surface area contributed by atoms with Crippen LogP contribution in [0.25, 0.3) is 0 Å². The lowest BCUT2D eigenvalue weighted by molar-refractivity contribution is 0.251. The molecule has 0 fully saturated rings. The van der Waals surface area contributed by atoms with Crippen LogP contribution in [0.5, 0.6) is 5.75 Å². The molecule has 0 saturated carbocycles. The van der Waals surface area contributed by atoms with Crippen LogP contribution in [-0.4, -0.2) is 33.8 Å². The van der Waals surface area contributed by atoms with Crippen LogP contribution in [0.3, 0.4) is 0 Å². The van der Waals surface area contributed by atoms with Gasteiger partial charge in [0, 0.05) is 17.6 Å². The maximum atomic E-state index is 12.4. The van der Waals surface area contributed by atoms with Crippen LogP contribution >= 0.6 is 15.9 Å². The van der Waals surface area contributed by atoms with E-state index >= 15 is 0 Å². The molecule has 0 aliphatic heterocycles. The quantitative estimate of drug-likeness (QED) is 0.691. The summed E-state index contributed by atoms with van der Waals surface area (Å²) in [6.45, 7) is 2.41. The van der Waals surface area contributed by atoms with E-state index in [2.05, 4.69) is 20.7 Å². The Morgan fingerprint density at radius 1 is 1.38 bits per heavy atom. The van der Waals surface area contributed by atoms with E-state index in [0.717, 1.165) is 12.8 Å². The molecule has 0 saturated heterocycles. The molecule has 1 aromatic carbocycles. The number of hydrogen-bond donors (Lipinski definition) is 2. The molecule has 0 amide bonds. The SMILES string of the molecule is CCCC(CCO)CNS(=O)(=O)c1cc(Br)ccc1OC. The van der Waals surface area contributed by atoms with Crippen LogP contribution in [-0.2, 0) is 10.0 Å². The van der Waals surface area contributed by atoms with Crippen molar-refractivity contribution in [3.05, 3.63) is 22.7 Å².